The summed E-state index contributed by atoms with van der Waals surface area (Å²) in [6.45, 7) is 0. The first kappa shape index (κ1) is 24.8. The van der Waals surface area contributed by atoms with Crippen LogP contribution in [0.5, 0.6) is 0 Å². The second-order valence-corrected chi connectivity index (χ2v) is 8.17. The van der Waals surface area contributed by atoms with Gasteiger partial charge in [0.2, 0.25) is 0 Å². The van der Waals surface area contributed by atoms with Gasteiger partial charge in [-0.3, -0.25) is 0 Å². The normalized spacial score (nSPS) is 13.5. The van der Waals surface area contributed by atoms with E-state index in [9.17, 15) is 0 Å². The van der Waals surface area contributed by atoms with Gasteiger partial charge < -0.3 is 0 Å². The summed E-state index contributed by atoms with van der Waals surface area (Å²) in [5.41, 5.74) is 10.3. The zero-order chi connectivity index (χ0) is 23.0. The molecular weight excluding hydrogens is 454 g/mol. The third kappa shape index (κ3) is 6.03. The Morgan fingerprint density at radius 1 is 0.343 bits per heavy atom. The molecule has 35 heavy (non-hydrogen) atoms. The monoisotopic (exact) mass is 478 g/mol. The Hall–Kier alpha value is -3.32. The fourth-order valence-corrected chi connectivity index (χ4v) is 4.32. The van der Waals surface area contributed by atoms with E-state index in [2.05, 4.69) is 160 Å². The van der Waals surface area contributed by atoms with Crippen LogP contribution in [0.25, 0.3) is 22.1 Å². The minimum atomic E-state index is 0. The zero-order valence-electron chi connectivity index (χ0n) is 19.5. The minimum absolute atomic E-state index is 0. The molecule has 0 aliphatic carbocycles. The fourth-order valence-electron chi connectivity index (χ4n) is 4.32. The molecule has 0 saturated carbocycles. The van der Waals surface area contributed by atoms with Gasteiger partial charge in [0, 0.05) is 21.7 Å². The van der Waals surface area contributed by atoms with Crippen LogP contribution in [0, 0.1) is 0 Å². The van der Waals surface area contributed by atoms with Crippen molar-refractivity contribution >= 4 is 36.7 Å². The molecule has 0 N–H and O–H groups in total. The van der Waals surface area contributed by atoms with Gasteiger partial charge in [-0.2, -0.15) is 0 Å². The van der Waals surface area contributed by atoms with Crippen LogP contribution in [0.4, 0.5) is 0 Å². The van der Waals surface area contributed by atoms with Crippen molar-refractivity contribution in [1.82, 2.24) is 0 Å². The van der Waals surface area contributed by atoms with E-state index in [-0.39, 0.29) is 21.7 Å². The molecule has 3 heteroatoms. The Morgan fingerprint density at radius 3 is 0.943 bits per heavy atom. The maximum atomic E-state index is 2.18. The Labute approximate surface area is 225 Å². The predicted molar refractivity (Wildman–Crippen MR) is 149 cm³/mol. The maximum absolute atomic E-state index is 2.18. The van der Waals surface area contributed by atoms with Gasteiger partial charge in [-0.25, -0.2) is 0 Å². The number of allylic oxidation sites excluding steroid dienone is 4. The minimum Gasteiger partial charge on any atom is -0.116 e. The van der Waals surface area contributed by atoms with Crippen LogP contribution in [-0.4, -0.2) is 14.6 Å². The zero-order valence-corrected chi connectivity index (χ0v) is 21.1. The molecule has 162 valence electrons. The van der Waals surface area contributed by atoms with Gasteiger partial charge in [-0.05, 0) is 33.4 Å². The molecule has 0 fully saturated rings. The molecule has 2 heterocycles. The van der Waals surface area contributed by atoms with E-state index in [1.165, 1.54) is 44.3 Å². The molecule has 4 aromatic rings. The molecule has 2 radical (unpaired) electrons. The summed E-state index contributed by atoms with van der Waals surface area (Å²) in [7, 11) is 4.36. The third-order valence-electron chi connectivity index (χ3n) is 5.97. The average molecular weight is 478 g/mol. The van der Waals surface area contributed by atoms with Gasteiger partial charge in [-0.15, -0.1) is 12.0 Å². The van der Waals surface area contributed by atoms with Gasteiger partial charge in [0.05, 0.1) is 0 Å². The van der Waals surface area contributed by atoms with Crippen LogP contribution in [0.3, 0.4) is 0 Å². The molecule has 0 unspecified atom stereocenters. The fraction of sp³-hybridized carbons (Fsp3) is 0. The van der Waals surface area contributed by atoms with Gasteiger partial charge >= 0.3 is 0 Å². The number of hydrogen-bond acceptors (Lipinski definition) is 0. The van der Waals surface area contributed by atoms with Crippen LogP contribution >= 0.6 is 0 Å². The summed E-state index contributed by atoms with van der Waals surface area (Å²) in [4.78, 5) is 0. The molecule has 0 bridgehead atoms. The van der Waals surface area contributed by atoms with Crippen LogP contribution in [0.1, 0.15) is 22.3 Å². The van der Waals surface area contributed by atoms with Crippen LogP contribution in [-0.2, 0) is 21.7 Å². The Bertz CT molecular complexity index is 1250. The second kappa shape index (κ2) is 12.4. The Kier molecular flexibility index (Phi) is 8.79. The standard InChI is InChI=1S/2C16H12B.Ti/c2*1-3-7-13(8-4-1)15-11-12-17-16(15)14-9-5-2-6-10-14;/h2*1-12H;. The van der Waals surface area contributed by atoms with Crippen LogP contribution in [0.15, 0.2) is 145 Å². The predicted octanol–water partition coefficient (Wildman–Crippen LogP) is 7.57. The molecule has 0 nitrogen and oxygen atoms in total. The van der Waals surface area contributed by atoms with E-state index in [1.807, 2.05) is 0 Å². The van der Waals surface area contributed by atoms with Crippen molar-refractivity contribution in [1.29, 1.82) is 0 Å². The molecule has 0 saturated heterocycles. The van der Waals surface area contributed by atoms with Crippen molar-refractivity contribution in [3.05, 3.63) is 168 Å². The van der Waals surface area contributed by atoms with E-state index in [4.69, 9.17) is 0 Å². The summed E-state index contributed by atoms with van der Waals surface area (Å²) in [6.07, 6.45) is 4.36. The SMILES string of the molecule is [B]1C=CC(c2ccccc2)=C1c1ccccc1.[B]1C=CC(c2ccccc2)=C1c1ccccc1.[Ti]. The van der Waals surface area contributed by atoms with E-state index < -0.39 is 0 Å². The van der Waals surface area contributed by atoms with E-state index in [1.54, 1.807) is 0 Å². The first-order valence-corrected chi connectivity index (χ1v) is 11.6. The Morgan fingerprint density at radius 2 is 0.629 bits per heavy atom. The van der Waals surface area contributed by atoms with Gasteiger partial charge in [-0.1, -0.05) is 144 Å². The molecule has 6 rings (SSSR count). The van der Waals surface area contributed by atoms with Gasteiger partial charge in [0.15, 0.2) is 14.6 Å². The van der Waals surface area contributed by atoms with Crippen molar-refractivity contribution in [3.8, 4) is 0 Å². The van der Waals surface area contributed by atoms with Crippen molar-refractivity contribution in [3.63, 3.8) is 0 Å². The molecule has 0 spiro atoms. The van der Waals surface area contributed by atoms with Crippen molar-refractivity contribution < 1.29 is 21.7 Å². The molecule has 0 atom stereocenters. The summed E-state index contributed by atoms with van der Waals surface area (Å²) >= 11 is 0. The molecule has 0 amide bonds. The quantitative estimate of drug-likeness (QED) is 0.266. The van der Waals surface area contributed by atoms with E-state index in [0.29, 0.717) is 0 Å². The molecular formula is C32H24B2Ti. The van der Waals surface area contributed by atoms with Gasteiger partial charge in [0.25, 0.3) is 0 Å². The number of benzene rings is 4. The largest absolute Gasteiger partial charge is 0.182 e. The average Bonchev–Trinajstić information content (AvgIpc) is 3.62. The van der Waals surface area contributed by atoms with E-state index in [0.717, 1.165) is 0 Å². The first-order chi connectivity index (χ1) is 16.9. The Balaban J connectivity index is 0.000000160. The second-order valence-electron chi connectivity index (χ2n) is 8.17. The smallest absolute Gasteiger partial charge is 0.116 e. The summed E-state index contributed by atoms with van der Waals surface area (Å²) in [5, 5.41) is 0. The van der Waals surface area contributed by atoms with Crippen LogP contribution in [0.2, 0.25) is 0 Å². The summed E-state index contributed by atoms with van der Waals surface area (Å²) in [5.74, 6) is 4.23. The van der Waals surface area contributed by atoms with Gasteiger partial charge in [0.1, 0.15) is 0 Å². The number of hydrogen-bond donors (Lipinski definition) is 0. The topological polar surface area (TPSA) is 0 Å². The summed E-state index contributed by atoms with van der Waals surface area (Å²) < 4.78 is 0. The molecule has 2 aliphatic heterocycles. The maximum Gasteiger partial charge on any atom is 0.182 e. The third-order valence-corrected chi connectivity index (χ3v) is 5.97. The molecule has 4 aromatic carbocycles. The van der Waals surface area contributed by atoms with E-state index >= 15 is 0 Å². The first-order valence-electron chi connectivity index (χ1n) is 11.6. The van der Waals surface area contributed by atoms with Crippen molar-refractivity contribution in [2.24, 2.45) is 0 Å². The van der Waals surface area contributed by atoms with Crippen LogP contribution < -0.4 is 0 Å². The summed E-state index contributed by atoms with van der Waals surface area (Å²) in [6, 6.07) is 42.1. The molecule has 2 aliphatic rings. The molecule has 0 aromatic heterocycles. The van der Waals surface area contributed by atoms with Crippen molar-refractivity contribution in [2.45, 2.75) is 0 Å². The number of rotatable bonds is 4. The van der Waals surface area contributed by atoms with Crippen molar-refractivity contribution in [2.75, 3.05) is 0 Å².